The van der Waals surface area contributed by atoms with E-state index in [4.69, 9.17) is 4.98 Å². The molecule has 1 amide bonds. The van der Waals surface area contributed by atoms with Crippen LogP contribution < -0.4 is 4.90 Å². The Labute approximate surface area is 165 Å². The van der Waals surface area contributed by atoms with Gasteiger partial charge in [0.05, 0.1) is 11.1 Å². The molecule has 0 aliphatic carbocycles. The quantitative estimate of drug-likeness (QED) is 0.701. The average molecular weight is 378 g/mol. The summed E-state index contributed by atoms with van der Waals surface area (Å²) in [5, 5.41) is 5.43. The molecule has 146 valence electrons. The number of aromatic nitrogens is 4. The second-order valence-corrected chi connectivity index (χ2v) is 7.62. The third-order valence-corrected chi connectivity index (χ3v) is 5.46. The summed E-state index contributed by atoms with van der Waals surface area (Å²) in [5.74, 6) is 1.62. The molecule has 3 aromatic rings. The van der Waals surface area contributed by atoms with E-state index in [9.17, 15) is 4.79 Å². The average Bonchev–Trinajstić information content (AvgIpc) is 2.94. The fraction of sp³-hybridized carbons (Fsp3) is 0.429. The molecule has 2 aromatic heterocycles. The van der Waals surface area contributed by atoms with Crippen LogP contribution in [0.4, 0.5) is 5.82 Å². The molecule has 1 aromatic carbocycles. The first-order chi connectivity index (χ1) is 13.3. The Balaban J connectivity index is 1.63. The van der Waals surface area contributed by atoms with Crippen LogP contribution in [0.3, 0.4) is 0 Å². The van der Waals surface area contributed by atoms with Crippen molar-refractivity contribution in [2.24, 2.45) is 7.05 Å². The van der Waals surface area contributed by atoms with Gasteiger partial charge in [0.15, 0.2) is 5.65 Å². The lowest BCUT2D eigenvalue weighted by atomic mass is 10.1. The van der Waals surface area contributed by atoms with Gasteiger partial charge in [-0.1, -0.05) is 29.8 Å². The van der Waals surface area contributed by atoms with Gasteiger partial charge >= 0.3 is 0 Å². The van der Waals surface area contributed by atoms with E-state index in [0.29, 0.717) is 18.9 Å². The predicted molar refractivity (Wildman–Crippen MR) is 109 cm³/mol. The third-order valence-electron chi connectivity index (χ3n) is 5.46. The second-order valence-electron chi connectivity index (χ2n) is 7.62. The first-order valence-electron chi connectivity index (χ1n) is 9.64. The van der Waals surface area contributed by atoms with Gasteiger partial charge in [-0.05, 0) is 33.3 Å². The number of carbonyl (C=O) groups is 1. The summed E-state index contributed by atoms with van der Waals surface area (Å²) in [6.07, 6.45) is 0. The van der Waals surface area contributed by atoms with Crippen molar-refractivity contribution in [2.75, 3.05) is 18.0 Å². The minimum atomic E-state index is -0.281. The zero-order valence-electron chi connectivity index (χ0n) is 17.1. The van der Waals surface area contributed by atoms with Crippen molar-refractivity contribution < 1.29 is 4.79 Å². The Hall–Kier alpha value is -2.96. The smallest absolute Gasteiger partial charge is 0.245 e. The molecule has 0 saturated carbocycles. The molecular formula is C21H26N6O. The number of nitrogens with zero attached hydrogens (tertiary/aromatic N) is 6. The summed E-state index contributed by atoms with van der Waals surface area (Å²) >= 11 is 0. The SMILES string of the molecule is Cc1ccc(CN2CCN(c3nc(C)nc4c3c(C)nn4C)C(C)C2=O)cc1. The van der Waals surface area contributed by atoms with E-state index in [-0.39, 0.29) is 11.9 Å². The maximum atomic E-state index is 13.1. The molecule has 1 atom stereocenters. The maximum absolute atomic E-state index is 13.1. The Morgan fingerprint density at radius 3 is 2.50 bits per heavy atom. The summed E-state index contributed by atoms with van der Waals surface area (Å²) in [6.45, 7) is 9.91. The zero-order chi connectivity index (χ0) is 20.0. The Morgan fingerprint density at radius 2 is 1.79 bits per heavy atom. The molecule has 3 heterocycles. The number of amides is 1. The Bertz CT molecular complexity index is 1040. The summed E-state index contributed by atoms with van der Waals surface area (Å²) in [6, 6.07) is 8.08. The van der Waals surface area contributed by atoms with Crippen LogP contribution in [-0.4, -0.2) is 49.7 Å². The van der Waals surface area contributed by atoms with Crippen LogP contribution in [0.5, 0.6) is 0 Å². The lowest BCUT2D eigenvalue weighted by molar-refractivity contribution is -0.134. The number of anilines is 1. The molecule has 0 N–H and O–H groups in total. The van der Waals surface area contributed by atoms with Gasteiger partial charge in [-0.25, -0.2) is 9.97 Å². The van der Waals surface area contributed by atoms with E-state index in [1.807, 2.05) is 32.7 Å². The van der Waals surface area contributed by atoms with Gasteiger partial charge in [0, 0.05) is 26.7 Å². The van der Waals surface area contributed by atoms with Gasteiger partial charge in [-0.15, -0.1) is 0 Å². The van der Waals surface area contributed by atoms with E-state index < -0.39 is 0 Å². The highest BCUT2D eigenvalue weighted by atomic mass is 16.2. The van der Waals surface area contributed by atoms with Crippen LogP contribution >= 0.6 is 0 Å². The number of benzene rings is 1. The van der Waals surface area contributed by atoms with Crippen LogP contribution in [0, 0.1) is 20.8 Å². The van der Waals surface area contributed by atoms with Crippen molar-refractivity contribution >= 4 is 22.8 Å². The van der Waals surface area contributed by atoms with Crippen LogP contribution in [0.25, 0.3) is 11.0 Å². The maximum Gasteiger partial charge on any atom is 0.245 e. The fourth-order valence-corrected chi connectivity index (χ4v) is 3.92. The molecule has 1 saturated heterocycles. The first-order valence-corrected chi connectivity index (χ1v) is 9.64. The monoisotopic (exact) mass is 378 g/mol. The lowest BCUT2D eigenvalue weighted by Gasteiger charge is -2.40. The number of rotatable bonds is 3. The van der Waals surface area contributed by atoms with E-state index in [1.54, 1.807) is 4.68 Å². The van der Waals surface area contributed by atoms with Gasteiger partial charge in [-0.3, -0.25) is 9.48 Å². The molecule has 1 fully saturated rings. The second kappa shape index (κ2) is 6.89. The fourth-order valence-electron chi connectivity index (χ4n) is 3.92. The largest absolute Gasteiger partial charge is 0.342 e. The van der Waals surface area contributed by atoms with Crippen LogP contribution in [0.15, 0.2) is 24.3 Å². The molecule has 1 aliphatic rings. The summed E-state index contributed by atoms with van der Waals surface area (Å²) in [7, 11) is 1.89. The van der Waals surface area contributed by atoms with E-state index in [0.717, 1.165) is 34.7 Å². The van der Waals surface area contributed by atoms with Gasteiger partial charge in [0.25, 0.3) is 0 Å². The molecular weight excluding hydrogens is 352 g/mol. The van der Waals surface area contributed by atoms with E-state index in [1.165, 1.54) is 5.56 Å². The Kier molecular flexibility index (Phi) is 4.53. The van der Waals surface area contributed by atoms with Crippen molar-refractivity contribution in [3.05, 3.63) is 46.9 Å². The number of piperazine rings is 1. The minimum Gasteiger partial charge on any atom is -0.342 e. The molecule has 7 heteroatoms. The number of fused-ring (bicyclic) bond motifs is 1. The summed E-state index contributed by atoms with van der Waals surface area (Å²) < 4.78 is 1.78. The van der Waals surface area contributed by atoms with Crippen molar-refractivity contribution in [1.29, 1.82) is 0 Å². The van der Waals surface area contributed by atoms with Gasteiger partial charge < -0.3 is 9.80 Å². The minimum absolute atomic E-state index is 0.123. The topological polar surface area (TPSA) is 67.2 Å². The Morgan fingerprint density at radius 1 is 1.07 bits per heavy atom. The number of aryl methyl sites for hydroxylation is 4. The van der Waals surface area contributed by atoms with Crippen molar-refractivity contribution in [3.8, 4) is 0 Å². The van der Waals surface area contributed by atoms with Crippen molar-refractivity contribution in [1.82, 2.24) is 24.6 Å². The molecule has 28 heavy (non-hydrogen) atoms. The molecule has 0 spiro atoms. The summed E-state index contributed by atoms with van der Waals surface area (Å²) in [4.78, 5) is 26.4. The van der Waals surface area contributed by atoms with Crippen LogP contribution in [0.1, 0.15) is 29.6 Å². The number of hydrogen-bond acceptors (Lipinski definition) is 5. The normalized spacial score (nSPS) is 17.6. The van der Waals surface area contributed by atoms with Gasteiger partial charge in [0.1, 0.15) is 17.7 Å². The van der Waals surface area contributed by atoms with Crippen LogP contribution in [-0.2, 0) is 18.4 Å². The third kappa shape index (κ3) is 3.10. The van der Waals surface area contributed by atoms with Crippen molar-refractivity contribution in [3.63, 3.8) is 0 Å². The number of hydrogen-bond donors (Lipinski definition) is 0. The highest BCUT2D eigenvalue weighted by molar-refractivity contribution is 5.94. The highest BCUT2D eigenvalue weighted by Crippen LogP contribution is 2.30. The van der Waals surface area contributed by atoms with E-state index in [2.05, 4.69) is 46.2 Å². The lowest BCUT2D eigenvalue weighted by Crippen LogP contribution is -2.56. The van der Waals surface area contributed by atoms with Crippen LogP contribution in [0.2, 0.25) is 0 Å². The molecule has 0 radical (unpaired) electrons. The molecule has 7 nitrogen and oxygen atoms in total. The van der Waals surface area contributed by atoms with Gasteiger partial charge in [-0.2, -0.15) is 5.10 Å². The van der Waals surface area contributed by atoms with Gasteiger partial charge in [0.2, 0.25) is 5.91 Å². The number of carbonyl (C=O) groups excluding carboxylic acids is 1. The summed E-state index contributed by atoms with van der Waals surface area (Å²) in [5.41, 5.74) is 4.07. The zero-order valence-corrected chi connectivity index (χ0v) is 17.1. The molecule has 0 bridgehead atoms. The predicted octanol–water partition coefficient (Wildman–Crippen LogP) is 2.53. The molecule has 1 aliphatic heterocycles. The van der Waals surface area contributed by atoms with E-state index >= 15 is 0 Å². The highest BCUT2D eigenvalue weighted by Gasteiger charge is 2.34. The molecule has 4 rings (SSSR count). The molecule has 1 unspecified atom stereocenters. The first kappa shape index (κ1) is 18.4. The standard InChI is InChI=1S/C21H26N6O/c1-13-6-8-17(9-7-13)12-26-10-11-27(15(3)21(26)28)20-18-14(2)24-25(5)19(18)22-16(4)23-20/h6-9,15H,10-12H2,1-5H3. The van der Waals surface area contributed by atoms with Crippen molar-refractivity contribution in [2.45, 2.75) is 40.3 Å².